The number of primary sulfonamides is 1. The predicted octanol–water partition coefficient (Wildman–Crippen LogP) is -0.340. The zero-order valence-electron chi connectivity index (χ0n) is 17.6. The molecule has 0 aliphatic rings. The number of methoxy groups -OCH3 is 2. The van der Waals surface area contributed by atoms with E-state index in [1.54, 1.807) is 31.3 Å². The summed E-state index contributed by atoms with van der Waals surface area (Å²) < 4.78 is 35.0. The quantitative estimate of drug-likeness (QED) is 0.381. The number of rotatable bonds is 8. The first-order valence-corrected chi connectivity index (χ1v) is 11.0. The third-order valence-corrected chi connectivity index (χ3v) is 5.87. The van der Waals surface area contributed by atoms with Crippen molar-refractivity contribution in [1.29, 1.82) is 0 Å². The average molecular weight is 494 g/mol. The van der Waals surface area contributed by atoms with Crippen LogP contribution in [0.1, 0.15) is 21.5 Å². The number of ether oxygens (including phenoxy) is 2. The summed E-state index contributed by atoms with van der Waals surface area (Å²) in [6.07, 6.45) is 0.129. The van der Waals surface area contributed by atoms with Gasteiger partial charge in [0.2, 0.25) is 10.0 Å². The van der Waals surface area contributed by atoms with Crippen LogP contribution < -0.4 is 49.5 Å². The number of carbonyl (C=O) groups is 1. The smallest absolute Gasteiger partial charge is 0.649 e. The Labute approximate surface area is 214 Å². The van der Waals surface area contributed by atoms with Gasteiger partial charge in [0.1, 0.15) is 16.5 Å². The number of sulfonamides is 1. The van der Waals surface area contributed by atoms with Crippen molar-refractivity contribution in [2.45, 2.75) is 11.3 Å². The van der Waals surface area contributed by atoms with Crippen molar-refractivity contribution in [3.63, 3.8) is 0 Å². The van der Waals surface area contributed by atoms with Crippen LogP contribution in [0, 0.1) is 0 Å². The van der Waals surface area contributed by atoms with Crippen molar-refractivity contribution < 1.29 is 52.2 Å². The van der Waals surface area contributed by atoms with E-state index in [9.17, 15) is 13.2 Å². The number of nitrogens with zero attached hydrogens (tertiary/aromatic N) is 1. The first-order valence-electron chi connectivity index (χ1n) is 8.64. The molecule has 0 heterocycles. The molecule has 0 aliphatic heterocycles. The molecule has 31 heavy (non-hydrogen) atoms. The molecule has 12 heteroatoms. The summed E-state index contributed by atoms with van der Waals surface area (Å²) in [6.45, 7) is 0.00903. The maximum atomic E-state index is 12.5. The molecule has 0 spiro atoms. The molecule has 0 atom stereocenters. The molecule has 2 aromatic carbocycles. The van der Waals surface area contributed by atoms with E-state index in [4.69, 9.17) is 38.4 Å². The molecule has 2 rings (SSSR count). The van der Waals surface area contributed by atoms with E-state index in [2.05, 4.69) is 10.6 Å². The molecule has 8 nitrogen and oxygen atoms in total. The Hall–Kier alpha value is -1.40. The van der Waals surface area contributed by atoms with Gasteiger partial charge in [-0.3, -0.25) is 0 Å². The molecular weight excluding hydrogens is 473 g/mol. The molecule has 2 aromatic rings. The number of carbonyl (C=O) groups excluding carboxylic acids is 1. The van der Waals surface area contributed by atoms with E-state index < -0.39 is 15.9 Å². The maximum Gasteiger partial charge on any atom is 1.00 e. The molecule has 0 saturated heterocycles. The van der Waals surface area contributed by atoms with Crippen molar-refractivity contribution in [2.75, 3.05) is 27.8 Å². The van der Waals surface area contributed by atoms with E-state index in [-0.39, 0.29) is 69.3 Å². The third-order valence-electron chi connectivity index (χ3n) is 4.19. The summed E-state index contributed by atoms with van der Waals surface area (Å²) in [5, 5.41) is 12.6. The van der Waals surface area contributed by atoms with Crippen LogP contribution in [-0.2, 0) is 16.4 Å². The van der Waals surface area contributed by atoms with Gasteiger partial charge in [-0.15, -0.1) is 6.54 Å². The van der Waals surface area contributed by atoms with Gasteiger partial charge in [-0.05, 0) is 36.2 Å². The number of amides is 1. The second-order valence-corrected chi connectivity index (χ2v) is 8.38. The van der Waals surface area contributed by atoms with Crippen LogP contribution in [0.2, 0.25) is 5.02 Å². The first kappa shape index (κ1) is 27.6. The Bertz CT molecular complexity index is 1080. The van der Waals surface area contributed by atoms with Crippen LogP contribution in [0.25, 0.3) is 5.32 Å². The van der Waals surface area contributed by atoms with E-state index in [1.165, 1.54) is 20.3 Å². The van der Waals surface area contributed by atoms with Gasteiger partial charge in [0.15, 0.2) is 0 Å². The minimum Gasteiger partial charge on any atom is -0.649 e. The standard InChI is InChI=1S/C19H22ClN3O5S2.Na/c1-22-19(29)16-15(28-3)6-4-11(17(16)30(21,25)26)8-9-23-18(24)13-10-12(20)5-7-14(13)27-2;/h4-7,10H,8-9H2,1-3H3,(H4,21,22,23,24,25,26,29);/q;+1/p-1. The van der Waals surface area contributed by atoms with Crippen molar-refractivity contribution in [3.05, 3.63) is 57.4 Å². The van der Waals surface area contributed by atoms with E-state index in [0.717, 1.165) is 0 Å². The molecule has 0 radical (unpaired) electrons. The molecule has 0 bridgehead atoms. The fourth-order valence-electron chi connectivity index (χ4n) is 2.85. The number of nitrogens with one attached hydrogen (secondary N) is 1. The summed E-state index contributed by atoms with van der Waals surface area (Å²) in [7, 11) is 0.252. The van der Waals surface area contributed by atoms with Gasteiger partial charge in [0.05, 0.1) is 30.6 Å². The molecule has 0 aromatic heterocycles. The van der Waals surface area contributed by atoms with Gasteiger partial charge < -0.3 is 24.9 Å². The van der Waals surface area contributed by atoms with Crippen molar-refractivity contribution in [1.82, 2.24) is 5.32 Å². The van der Waals surface area contributed by atoms with Crippen molar-refractivity contribution in [2.24, 2.45) is 5.14 Å². The minimum atomic E-state index is -4.14. The van der Waals surface area contributed by atoms with Crippen LogP contribution in [0.15, 0.2) is 35.2 Å². The van der Waals surface area contributed by atoms with Gasteiger partial charge in [-0.2, -0.15) is 0 Å². The molecule has 3 N–H and O–H groups in total. The fraction of sp³-hybridized carbons (Fsp3) is 0.263. The van der Waals surface area contributed by atoms with E-state index >= 15 is 0 Å². The van der Waals surface area contributed by atoms with Crippen LogP contribution in [0.3, 0.4) is 0 Å². The van der Waals surface area contributed by atoms with E-state index in [1.807, 2.05) is 0 Å². The summed E-state index contributed by atoms with van der Waals surface area (Å²) in [5.74, 6) is 0.0641. The Morgan fingerprint density at radius 3 is 2.35 bits per heavy atom. The Morgan fingerprint density at radius 2 is 1.81 bits per heavy atom. The molecule has 0 unspecified atom stereocenters. The third kappa shape index (κ3) is 6.79. The first-order chi connectivity index (χ1) is 14.1. The topological polar surface area (TPSA) is 122 Å². The summed E-state index contributed by atoms with van der Waals surface area (Å²) in [5.41, 5.74) is 0.738. The predicted molar refractivity (Wildman–Crippen MR) is 119 cm³/mol. The second-order valence-electron chi connectivity index (χ2n) is 6.04. The molecule has 162 valence electrons. The number of hydrogen-bond acceptors (Lipinski definition) is 6. The molecule has 0 aliphatic carbocycles. The van der Waals surface area contributed by atoms with Gasteiger partial charge in [-0.1, -0.05) is 29.9 Å². The van der Waals surface area contributed by atoms with Crippen LogP contribution >= 0.6 is 23.8 Å². The monoisotopic (exact) mass is 493 g/mol. The zero-order valence-corrected chi connectivity index (χ0v) is 22.0. The number of thiocarbonyl (C=S) groups is 1. The van der Waals surface area contributed by atoms with E-state index in [0.29, 0.717) is 16.3 Å². The number of benzene rings is 2. The van der Waals surface area contributed by atoms with Crippen LogP contribution in [-0.4, -0.2) is 47.1 Å². The van der Waals surface area contributed by atoms with Crippen LogP contribution in [0.4, 0.5) is 0 Å². The number of nitrogens with two attached hydrogens (primary N) is 1. The SMILES string of the molecule is CNC(=S)c1c(OC)ccc(CC[N-]C(=O)c2cc(Cl)ccc2OC)c1S(N)(=O)=O.[Na+]. The minimum absolute atomic E-state index is 0. The Morgan fingerprint density at radius 1 is 1.19 bits per heavy atom. The summed E-state index contributed by atoms with van der Waals surface area (Å²) >= 11 is 11.2. The van der Waals surface area contributed by atoms with Crippen molar-refractivity contribution in [3.8, 4) is 11.5 Å². The normalized spacial score (nSPS) is 10.6. The molecular formula is C19H21ClN3NaO5S2. The van der Waals surface area contributed by atoms with Crippen molar-refractivity contribution >= 4 is 44.7 Å². The summed E-state index contributed by atoms with van der Waals surface area (Å²) in [6, 6.07) is 7.77. The molecule has 0 fully saturated rings. The second kappa shape index (κ2) is 12.0. The van der Waals surface area contributed by atoms with Crippen LogP contribution in [0.5, 0.6) is 11.5 Å². The van der Waals surface area contributed by atoms with Gasteiger partial charge in [-0.25, -0.2) is 13.6 Å². The Kier molecular flexibility index (Phi) is 10.7. The molecule has 1 amide bonds. The number of hydrogen-bond donors (Lipinski definition) is 2. The number of halogens is 1. The summed E-state index contributed by atoms with van der Waals surface area (Å²) in [4.78, 5) is 12.5. The fourth-order valence-corrected chi connectivity index (χ4v) is 4.31. The van der Waals surface area contributed by atoms with Gasteiger partial charge in [0.25, 0.3) is 0 Å². The average Bonchev–Trinajstić information content (AvgIpc) is 2.71. The zero-order chi connectivity index (χ0) is 22.5. The molecule has 0 saturated carbocycles. The largest absolute Gasteiger partial charge is 1.00 e. The maximum absolute atomic E-state index is 12.5. The Balaban J connectivity index is 0.00000480. The van der Waals surface area contributed by atoms with Gasteiger partial charge >= 0.3 is 29.6 Å². The van der Waals surface area contributed by atoms with Gasteiger partial charge in [0, 0.05) is 17.6 Å².